The molecule has 6 rings (SSSR count). The quantitative estimate of drug-likeness (QED) is 0.712. The van der Waals surface area contributed by atoms with Crippen molar-refractivity contribution in [2.75, 3.05) is 0 Å². The van der Waals surface area contributed by atoms with Crippen LogP contribution in [0.25, 0.3) is 0 Å². The van der Waals surface area contributed by atoms with Crippen LogP contribution in [0.3, 0.4) is 0 Å². The summed E-state index contributed by atoms with van der Waals surface area (Å²) in [7, 11) is 0. The van der Waals surface area contributed by atoms with Crippen molar-refractivity contribution in [3.63, 3.8) is 0 Å². The molecule has 5 aliphatic carbocycles. The summed E-state index contributed by atoms with van der Waals surface area (Å²) < 4.78 is 0. The van der Waals surface area contributed by atoms with Gasteiger partial charge in [0.25, 0.3) is 0 Å². The number of Topliss-reactive ketones (excluding diaryl/α,β-unsaturated/α-hetero) is 1. The molecule has 0 aliphatic heterocycles. The Kier molecular flexibility index (Phi) is 0.950. The van der Waals surface area contributed by atoms with Gasteiger partial charge in [-0.3, -0.25) is 4.79 Å². The van der Waals surface area contributed by atoms with Crippen molar-refractivity contribution in [2.45, 2.75) is 11.8 Å². The van der Waals surface area contributed by atoms with E-state index in [0.717, 1.165) is 29.6 Å². The third kappa shape index (κ3) is 0.553. The molecule has 0 saturated heterocycles. The number of carbonyl (C=O) groups excluding carboxylic acids is 1. The number of hydrogen-bond acceptors (Lipinski definition) is 1. The van der Waals surface area contributed by atoms with Crippen molar-refractivity contribution in [3.05, 3.63) is 35.9 Å². The molecule has 0 heterocycles. The molecule has 1 heteroatoms. The molecule has 0 aromatic heterocycles. The lowest BCUT2D eigenvalue weighted by atomic mass is 9.66. The van der Waals surface area contributed by atoms with Crippen LogP contribution in [0.1, 0.15) is 12.0 Å². The van der Waals surface area contributed by atoms with Crippen LogP contribution in [0.5, 0.6) is 0 Å². The second-order valence-corrected chi connectivity index (χ2v) is 6.89. The highest BCUT2D eigenvalue weighted by Crippen LogP contribution is 2.92. The van der Waals surface area contributed by atoms with Crippen molar-refractivity contribution in [1.29, 1.82) is 0 Å². The van der Waals surface area contributed by atoms with Gasteiger partial charge < -0.3 is 0 Å². The summed E-state index contributed by atoms with van der Waals surface area (Å²) in [5.41, 5.74) is 2.03. The van der Waals surface area contributed by atoms with Gasteiger partial charge in [0.15, 0.2) is 0 Å². The molecule has 0 N–H and O–H groups in total. The largest absolute Gasteiger partial charge is 0.299 e. The van der Waals surface area contributed by atoms with E-state index in [0.29, 0.717) is 23.0 Å². The number of rotatable bonds is 1. The molecule has 0 amide bonds. The van der Waals surface area contributed by atoms with Gasteiger partial charge >= 0.3 is 0 Å². The average molecular weight is 222 g/mol. The Morgan fingerprint density at radius 3 is 2.71 bits per heavy atom. The maximum Gasteiger partial charge on any atom is 0.140 e. The lowest BCUT2D eigenvalue weighted by molar-refractivity contribution is -0.126. The summed E-state index contributed by atoms with van der Waals surface area (Å²) in [5, 5.41) is 0. The molecule has 8 atom stereocenters. The Labute approximate surface area is 100 Å². The number of fused-ring (bicyclic) bond motifs is 3. The molecule has 0 radical (unpaired) electrons. The first-order valence-electron chi connectivity index (χ1n) is 6.96. The zero-order valence-corrected chi connectivity index (χ0v) is 9.54. The smallest absolute Gasteiger partial charge is 0.140 e. The van der Waals surface area contributed by atoms with E-state index in [4.69, 9.17) is 0 Å². The first kappa shape index (κ1) is 8.07. The first-order valence-corrected chi connectivity index (χ1v) is 6.96. The SMILES string of the molecule is O=C1C2C3C4CC5C(C14)C5(c1ccccc1)C23. The van der Waals surface area contributed by atoms with Crippen LogP contribution < -0.4 is 0 Å². The highest BCUT2D eigenvalue weighted by molar-refractivity contribution is 5.95. The minimum atomic E-state index is 0.476. The third-order valence-corrected chi connectivity index (χ3v) is 6.92. The molecule has 1 aromatic rings. The Balaban J connectivity index is 1.62. The van der Waals surface area contributed by atoms with Crippen molar-refractivity contribution in [3.8, 4) is 0 Å². The van der Waals surface area contributed by atoms with E-state index in [2.05, 4.69) is 30.3 Å². The highest BCUT2D eigenvalue weighted by atomic mass is 16.1. The molecule has 0 spiro atoms. The molecular formula is C16H14O. The van der Waals surface area contributed by atoms with Crippen LogP contribution in [0.15, 0.2) is 30.3 Å². The molecule has 5 saturated carbocycles. The molecule has 84 valence electrons. The van der Waals surface area contributed by atoms with Crippen LogP contribution in [0.2, 0.25) is 0 Å². The maximum absolute atomic E-state index is 12.3. The summed E-state index contributed by atoms with van der Waals surface area (Å²) in [4.78, 5) is 12.3. The zero-order chi connectivity index (χ0) is 10.9. The Morgan fingerprint density at radius 1 is 1.06 bits per heavy atom. The number of benzene rings is 1. The fourth-order valence-electron chi connectivity index (χ4n) is 6.76. The molecule has 8 unspecified atom stereocenters. The van der Waals surface area contributed by atoms with E-state index in [9.17, 15) is 4.79 Å². The summed E-state index contributed by atoms with van der Waals surface area (Å²) >= 11 is 0. The maximum atomic E-state index is 12.3. The monoisotopic (exact) mass is 222 g/mol. The average Bonchev–Trinajstić information content (AvgIpc) is 3.20. The van der Waals surface area contributed by atoms with Crippen LogP contribution >= 0.6 is 0 Å². The second-order valence-electron chi connectivity index (χ2n) is 6.89. The van der Waals surface area contributed by atoms with E-state index >= 15 is 0 Å². The Morgan fingerprint density at radius 2 is 1.88 bits per heavy atom. The van der Waals surface area contributed by atoms with Crippen LogP contribution in [0.4, 0.5) is 0 Å². The van der Waals surface area contributed by atoms with Crippen molar-refractivity contribution in [1.82, 2.24) is 0 Å². The number of hydrogen-bond donors (Lipinski definition) is 0. The fraction of sp³-hybridized carbons (Fsp3) is 0.562. The van der Waals surface area contributed by atoms with Crippen molar-refractivity contribution in [2.24, 2.45) is 41.4 Å². The third-order valence-electron chi connectivity index (χ3n) is 6.92. The van der Waals surface area contributed by atoms with E-state index in [1.807, 2.05) is 0 Å². The van der Waals surface area contributed by atoms with Gasteiger partial charge in [-0.15, -0.1) is 0 Å². The van der Waals surface area contributed by atoms with Gasteiger partial charge in [0, 0.05) is 17.3 Å². The predicted molar refractivity (Wildman–Crippen MR) is 62.2 cm³/mol. The second kappa shape index (κ2) is 2.00. The molecule has 5 aliphatic rings. The summed E-state index contributed by atoms with van der Waals surface area (Å²) in [5.74, 6) is 5.66. The van der Waals surface area contributed by atoms with Crippen LogP contribution in [-0.4, -0.2) is 5.78 Å². The minimum Gasteiger partial charge on any atom is -0.299 e. The standard InChI is InChI=1S/C16H14O/c17-15-11-8-6-9-13(11)16(9,14-10(8)12(14)15)7-4-2-1-3-5-7/h1-5,8-14H,6H2. The minimum absolute atomic E-state index is 0.476. The zero-order valence-electron chi connectivity index (χ0n) is 9.54. The summed E-state index contributed by atoms with van der Waals surface area (Å²) in [6.07, 6.45) is 1.37. The molecule has 17 heavy (non-hydrogen) atoms. The Hall–Kier alpha value is -1.11. The summed E-state index contributed by atoms with van der Waals surface area (Å²) in [6.45, 7) is 0. The van der Waals surface area contributed by atoms with Gasteiger partial charge in [-0.1, -0.05) is 30.3 Å². The predicted octanol–water partition coefficient (Wildman–Crippen LogP) is 2.27. The van der Waals surface area contributed by atoms with Gasteiger partial charge in [0.1, 0.15) is 5.78 Å². The molecule has 5 fully saturated rings. The lowest BCUT2D eigenvalue weighted by Crippen LogP contribution is -2.38. The van der Waals surface area contributed by atoms with Gasteiger partial charge in [0.2, 0.25) is 0 Å². The molecule has 1 nitrogen and oxygen atoms in total. The van der Waals surface area contributed by atoms with Gasteiger partial charge in [0.05, 0.1) is 0 Å². The fourth-order valence-corrected chi connectivity index (χ4v) is 6.76. The van der Waals surface area contributed by atoms with Crippen LogP contribution in [0, 0.1) is 41.4 Å². The van der Waals surface area contributed by atoms with E-state index in [-0.39, 0.29) is 0 Å². The first-order chi connectivity index (χ1) is 8.37. The van der Waals surface area contributed by atoms with Crippen molar-refractivity contribution < 1.29 is 4.79 Å². The van der Waals surface area contributed by atoms with E-state index < -0.39 is 0 Å². The molecular weight excluding hydrogens is 208 g/mol. The van der Waals surface area contributed by atoms with Crippen molar-refractivity contribution >= 4 is 5.78 Å². The van der Waals surface area contributed by atoms with Crippen LogP contribution in [-0.2, 0) is 10.2 Å². The van der Waals surface area contributed by atoms with Gasteiger partial charge in [-0.2, -0.15) is 0 Å². The lowest BCUT2D eigenvalue weighted by Gasteiger charge is -2.36. The normalized spacial score (nSPS) is 62.8. The molecule has 1 aromatic carbocycles. The van der Waals surface area contributed by atoms with E-state index in [1.165, 1.54) is 6.42 Å². The molecule has 4 bridgehead atoms. The van der Waals surface area contributed by atoms with E-state index in [1.54, 1.807) is 5.56 Å². The summed E-state index contributed by atoms with van der Waals surface area (Å²) in [6, 6.07) is 11.1. The number of carbonyl (C=O) groups is 1. The van der Waals surface area contributed by atoms with Gasteiger partial charge in [-0.25, -0.2) is 0 Å². The number of ketones is 1. The topological polar surface area (TPSA) is 17.1 Å². The highest BCUT2D eigenvalue weighted by Gasteiger charge is 2.93. The Bertz CT molecular complexity index is 572. The van der Waals surface area contributed by atoms with Gasteiger partial charge in [-0.05, 0) is 41.6 Å².